The highest BCUT2D eigenvalue weighted by Gasteiger charge is 2.21. The molecule has 1 aromatic carbocycles. The average Bonchev–Trinajstić information content (AvgIpc) is 3.14. The van der Waals surface area contributed by atoms with Gasteiger partial charge in [-0.05, 0) is 54.9 Å². The van der Waals surface area contributed by atoms with E-state index >= 15 is 0 Å². The lowest BCUT2D eigenvalue weighted by Crippen LogP contribution is -2.11. The summed E-state index contributed by atoms with van der Waals surface area (Å²) in [5.41, 5.74) is 2.22. The first-order valence-corrected chi connectivity index (χ1v) is 10.1. The molecule has 1 N–H and O–H groups in total. The van der Waals surface area contributed by atoms with E-state index in [1.807, 2.05) is 36.6 Å². The van der Waals surface area contributed by atoms with Gasteiger partial charge in [-0.15, -0.1) is 23.1 Å². The van der Waals surface area contributed by atoms with Crippen LogP contribution in [0.4, 0.5) is 0 Å². The first kappa shape index (κ1) is 15.9. The normalized spacial score (nSPS) is 14.3. The van der Waals surface area contributed by atoms with E-state index in [2.05, 4.69) is 4.98 Å². The summed E-state index contributed by atoms with van der Waals surface area (Å²) in [6.45, 7) is 0. The number of aromatic nitrogens is 2. The average molecular weight is 375 g/mol. The van der Waals surface area contributed by atoms with Crippen LogP contribution in [0.3, 0.4) is 0 Å². The molecule has 0 aliphatic heterocycles. The molecule has 0 atom stereocenters. The third-order valence-electron chi connectivity index (χ3n) is 4.20. The smallest absolute Gasteiger partial charge is 0.260 e. The summed E-state index contributed by atoms with van der Waals surface area (Å²) < 4.78 is 0. The van der Waals surface area contributed by atoms with E-state index in [9.17, 15) is 4.79 Å². The standard InChI is InChI=1S/C18H15ClN2OS2/c1-23-14(9-10-5-7-11(19)8-6-10)16-20-17(22)15-12-3-2-4-13(12)24-18(15)21-16/h5-9H,2-4H2,1H3,(H,20,21,22)/b14-9-. The van der Waals surface area contributed by atoms with Gasteiger partial charge in [-0.1, -0.05) is 23.7 Å². The van der Waals surface area contributed by atoms with Crippen molar-refractivity contribution in [2.24, 2.45) is 0 Å². The largest absolute Gasteiger partial charge is 0.305 e. The predicted molar refractivity (Wildman–Crippen MR) is 105 cm³/mol. The fourth-order valence-electron chi connectivity index (χ4n) is 3.05. The Balaban J connectivity index is 1.82. The van der Waals surface area contributed by atoms with Gasteiger partial charge in [0.2, 0.25) is 0 Å². The van der Waals surface area contributed by atoms with Crippen molar-refractivity contribution in [2.75, 3.05) is 6.26 Å². The van der Waals surface area contributed by atoms with E-state index in [4.69, 9.17) is 16.6 Å². The van der Waals surface area contributed by atoms with E-state index < -0.39 is 0 Å². The Labute approximate surface area is 152 Å². The van der Waals surface area contributed by atoms with Gasteiger partial charge in [0, 0.05) is 9.90 Å². The lowest BCUT2D eigenvalue weighted by Gasteiger charge is -2.05. The minimum atomic E-state index is -0.0227. The molecular formula is C18H15ClN2OS2. The van der Waals surface area contributed by atoms with Crippen LogP contribution in [0.15, 0.2) is 29.1 Å². The highest BCUT2D eigenvalue weighted by molar-refractivity contribution is 8.07. The zero-order valence-corrected chi connectivity index (χ0v) is 15.4. The van der Waals surface area contributed by atoms with E-state index in [1.165, 1.54) is 10.4 Å². The summed E-state index contributed by atoms with van der Waals surface area (Å²) in [5.74, 6) is 0.634. The van der Waals surface area contributed by atoms with Gasteiger partial charge in [-0.3, -0.25) is 4.79 Å². The number of hydrogen-bond donors (Lipinski definition) is 1. The first-order valence-electron chi connectivity index (χ1n) is 7.72. The molecule has 0 radical (unpaired) electrons. The van der Waals surface area contributed by atoms with Crippen LogP contribution in [0.1, 0.15) is 28.2 Å². The molecule has 24 heavy (non-hydrogen) atoms. The third kappa shape index (κ3) is 2.81. The number of benzene rings is 1. The Morgan fingerprint density at radius 2 is 2.12 bits per heavy atom. The number of halogens is 1. The molecule has 0 saturated heterocycles. The predicted octanol–water partition coefficient (Wildman–Crippen LogP) is 4.99. The minimum Gasteiger partial charge on any atom is -0.305 e. The number of aryl methyl sites for hydroxylation is 2. The minimum absolute atomic E-state index is 0.0227. The Kier molecular flexibility index (Phi) is 4.24. The van der Waals surface area contributed by atoms with Gasteiger partial charge in [0.05, 0.1) is 10.3 Å². The van der Waals surface area contributed by atoms with Gasteiger partial charge in [-0.25, -0.2) is 4.98 Å². The maximum atomic E-state index is 12.6. The molecule has 0 amide bonds. The Morgan fingerprint density at radius 1 is 1.33 bits per heavy atom. The number of nitrogens with zero attached hydrogens (tertiary/aromatic N) is 1. The van der Waals surface area contributed by atoms with Crippen molar-refractivity contribution in [3.63, 3.8) is 0 Å². The van der Waals surface area contributed by atoms with Crippen molar-refractivity contribution in [1.82, 2.24) is 9.97 Å². The molecule has 0 fully saturated rings. The number of rotatable bonds is 3. The second-order valence-corrected chi connectivity index (χ2v) is 8.08. The molecule has 0 bridgehead atoms. The lowest BCUT2D eigenvalue weighted by atomic mass is 10.2. The summed E-state index contributed by atoms with van der Waals surface area (Å²) in [7, 11) is 0. The van der Waals surface area contributed by atoms with E-state index in [0.29, 0.717) is 10.8 Å². The van der Waals surface area contributed by atoms with Crippen molar-refractivity contribution in [2.45, 2.75) is 19.3 Å². The molecular weight excluding hydrogens is 360 g/mol. The molecule has 122 valence electrons. The summed E-state index contributed by atoms with van der Waals surface area (Å²) in [4.78, 5) is 23.4. The van der Waals surface area contributed by atoms with Gasteiger partial charge in [-0.2, -0.15) is 0 Å². The van der Waals surface area contributed by atoms with E-state index in [0.717, 1.165) is 39.9 Å². The second-order valence-electron chi connectivity index (χ2n) is 5.72. The number of aromatic amines is 1. The summed E-state index contributed by atoms with van der Waals surface area (Å²) in [6.07, 6.45) is 7.22. The van der Waals surface area contributed by atoms with Crippen LogP contribution in [0.5, 0.6) is 0 Å². The van der Waals surface area contributed by atoms with Crippen molar-refractivity contribution < 1.29 is 0 Å². The van der Waals surface area contributed by atoms with Gasteiger partial charge < -0.3 is 4.98 Å². The van der Waals surface area contributed by atoms with Gasteiger partial charge >= 0.3 is 0 Å². The van der Waals surface area contributed by atoms with Crippen molar-refractivity contribution >= 4 is 55.9 Å². The molecule has 3 aromatic rings. The Hall–Kier alpha value is -1.56. The molecule has 1 aliphatic rings. The number of H-pyrrole nitrogens is 1. The van der Waals surface area contributed by atoms with Crippen LogP contribution in [-0.2, 0) is 12.8 Å². The monoisotopic (exact) mass is 374 g/mol. The van der Waals surface area contributed by atoms with Crippen molar-refractivity contribution in [1.29, 1.82) is 0 Å². The van der Waals surface area contributed by atoms with Crippen LogP contribution in [0, 0.1) is 0 Å². The van der Waals surface area contributed by atoms with Gasteiger partial charge in [0.1, 0.15) is 10.7 Å². The van der Waals surface area contributed by atoms with Crippen LogP contribution in [0.2, 0.25) is 5.02 Å². The molecule has 2 heterocycles. The maximum absolute atomic E-state index is 12.6. The van der Waals surface area contributed by atoms with Crippen molar-refractivity contribution in [3.8, 4) is 0 Å². The fraction of sp³-hybridized carbons (Fsp3) is 0.222. The molecule has 4 rings (SSSR count). The van der Waals surface area contributed by atoms with Crippen LogP contribution in [-0.4, -0.2) is 16.2 Å². The van der Waals surface area contributed by atoms with E-state index in [1.54, 1.807) is 23.1 Å². The highest BCUT2D eigenvalue weighted by atomic mass is 35.5. The highest BCUT2D eigenvalue weighted by Crippen LogP contribution is 2.35. The number of fused-ring (bicyclic) bond motifs is 3. The molecule has 3 nitrogen and oxygen atoms in total. The Morgan fingerprint density at radius 3 is 2.88 bits per heavy atom. The summed E-state index contributed by atoms with van der Waals surface area (Å²) in [5, 5.41) is 1.50. The SMILES string of the molecule is CS/C(=C\c1ccc(Cl)cc1)c1nc2sc3c(c2c(=O)[nH]1)CCC3. The maximum Gasteiger partial charge on any atom is 0.260 e. The lowest BCUT2D eigenvalue weighted by molar-refractivity contribution is 0.916. The fourth-order valence-corrected chi connectivity index (χ4v) is 4.99. The van der Waals surface area contributed by atoms with Crippen LogP contribution < -0.4 is 5.56 Å². The first-order chi connectivity index (χ1) is 11.7. The number of hydrogen-bond acceptors (Lipinski definition) is 4. The summed E-state index contributed by atoms with van der Waals surface area (Å²) >= 11 is 9.17. The molecule has 1 aliphatic carbocycles. The second kappa shape index (κ2) is 6.39. The number of thioether (sulfide) groups is 1. The quantitative estimate of drug-likeness (QED) is 0.702. The van der Waals surface area contributed by atoms with Gasteiger partial charge in [0.25, 0.3) is 5.56 Å². The Bertz CT molecular complexity index is 1000. The zero-order chi connectivity index (χ0) is 16.7. The molecule has 6 heteroatoms. The molecule has 0 saturated carbocycles. The topological polar surface area (TPSA) is 45.8 Å². The van der Waals surface area contributed by atoms with Crippen LogP contribution >= 0.6 is 34.7 Å². The molecule has 0 unspecified atom stereocenters. The van der Waals surface area contributed by atoms with Crippen LogP contribution in [0.25, 0.3) is 21.2 Å². The third-order valence-corrected chi connectivity index (χ3v) is 6.38. The van der Waals surface area contributed by atoms with Crippen molar-refractivity contribution in [3.05, 3.63) is 61.5 Å². The van der Waals surface area contributed by atoms with Gasteiger partial charge in [0.15, 0.2) is 0 Å². The van der Waals surface area contributed by atoms with E-state index in [-0.39, 0.29) is 5.56 Å². The number of thiophene rings is 1. The number of nitrogens with one attached hydrogen (secondary N) is 1. The molecule has 0 spiro atoms. The summed E-state index contributed by atoms with van der Waals surface area (Å²) in [6, 6.07) is 7.62. The zero-order valence-electron chi connectivity index (χ0n) is 13.1. The molecule has 2 aromatic heterocycles.